The van der Waals surface area contributed by atoms with Crippen LogP contribution in [-0.2, 0) is 10.0 Å². The van der Waals surface area contributed by atoms with Gasteiger partial charge in [-0.1, -0.05) is 103 Å². The summed E-state index contributed by atoms with van der Waals surface area (Å²) in [6.45, 7) is 4.70. The van der Waals surface area contributed by atoms with Crippen LogP contribution in [0.15, 0.2) is 112 Å². The lowest BCUT2D eigenvalue weighted by atomic mass is 9.96. The van der Waals surface area contributed by atoms with Gasteiger partial charge in [-0.3, -0.25) is 9.69 Å². The summed E-state index contributed by atoms with van der Waals surface area (Å²) in [5.74, 6) is 0.199. The number of piperazine rings is 1. The number of hydrogen-bond acceptors (Lipinski definition) is 5. The molecule has 1 N–H and O–H groups in total. The van der Waals surface area contributed by atoms with Gasteiger partial charge in [0.05, 0.1) is 23.1 Å². The van der Waals surface area contributed by atoms with Crippen molar-refractivity contribution in [3.05, 3.63) is 124 Å². The molecule has 0 saturated carbocycles. The Hall–Kier alpha value is -3.50. The van der Waals surface area contributed by atoms with Crippen LogP contribution in [0.1, 0.15) is 60.1 Å². The molecule has 4 aromatic carbocycles. The van der Waals surface area contributed by atoms with E-state index in [1.807, 2.05) is 42.5 Å². The number of halogens is 1. The van der Waals surface area contributed by atoms with Gasteiger partial charge >= 0.3 is 0 Å². The minimum Gasteiger partial charge on any atom is -0.493 e. The van der Waals surface area contributed by atoms with Gasteiger partial charge in [-0.2, -0.15) is 4.31 Å². The standard InChI is InChI=1S/C36H40BrN3O4S/c1-2-3-4-11-26-44-34-21-16-30(37)27-33(34)36(41)38-31-17-19-32(20-18-31)45(42,43)40-24-22-39(23-25-40)35(28-12-7-5-8-13-28)29-14-9-6-10-15-29/h5-10,12-21,27,35H,2-4,11,22-26H2,1H3,(H,38,41). The van der Waals surface area contributed by atoms with Crippen LogP contribution in [0.2, 0.25) is 0 Å². The molecule has 0 spiro atoms. The number of ether oxygens (including phenoxy) is 1. The summed E-state index contributed by atoms with van der Waals surface area (Å²) in [4.78, 5) is 15.8. The highest BCUT2D eigenvalue weighted by atomic mass is 79.9. The zero-order valence-electron chi connectivity index (χ0n) is 25.6. The van der Waals surface area contributed by atoms with Crippen LogP contribution in [0.25, 0.3) is 0 Å². The molecule has 1 aliphatic heterocycles. The predicted molar refractivity (Wildman–Crippen MR) is 183 cm³/mol. The van der Waals surface area contributed by atoms with E-state index in [1.54, 1.807) is 40.7 Å². The van der Waals surface area contributed by atoms with Gasteiger partial charge in [0.2, 0.25) is 10.0 Å². The van der Waals surface area contributed by atoms with Gasteiger partial charge in [-0.05, 0) is 60.0 Å². The topological polar surface area (TPSA) is 78.9 Å². The predicted octanol–water partition coefficient (Wildman–Crippen LogP) is 7.76. The molecule has 1 amide bonds. The number of unbranched alkanes of at least 4 members (excludes halogenated alkanes) is 3. The van der Waals surface area contributed by atoms with Crippen LogP contribution in [0.5, 0.6) is 5.75 Å². The maximum Gasteiger partial charge on any atom is 0.259 e. The highest BCUT2D eigenvalue weighted by molar-refractivity contribution is 9.10. The second-order valence-corrected chi connectivity index (χ2v) is 14.0. The molecule has 0 aliphatic carbocycles. The van der Waals surface area contributed by atoms with Crippen molar-refractivity contribution in [1.82, 2.24) is 9.21 Å². The second-order valence-electron chi connectivity index (χ2n) is 11.2. The van der Waals surface area contributed by atoms with E-state index < -0.39 is 10.0 Å². The molecule has 7 nitrogen and oxygen atoms in total. The molecule has 1 aliphatic rings. The normalized spacial score (nSPS) is 14.4. The average Bonchev–Trinajstić information content (AvgIpc) is 3.07. The fraction of sp³-hybridized carbons (Fsp3) is 0.306. The van der Waals surface area contributed by atoms with Gasteiger partial charge in [0.25, 0.3) is 5.91 Å². The lowest BCUT2D eigenvalue weighted by Gasteiger charge is -2.39. The maximum atomic E-state index is 13.6. The summed E-state index contributed by atoms with van der Waals surface area (Å²) < 4.78 is 35.5. The Morgan fingerprint density at radius 3 is 2.04 bits per heavy atom. The minimum absolute atomic E-state index is 0.0531. The quantitative estimate of drug-likeness (QED) is 0.145. The number of benzene rings is 4. The molecule has 9 heteroatoms. The Bertz CT molecular complexity index is 1600. The van der Waals surface area contributed by atoms with Crippen molar-refractivity contribution < 1.29 is 17.9 Å². The monoisotopic (exact) mass is 689 g/mol. The first-order chi connectivity index (χ1) is 21.9. The number of nitrogens with one attached hydrogen (secondary N) is 1. The number of rotatable bonds is 13. The van der Waals surface area contributed by atoms with E-state index in [0.29, 0.717) is 49.8 Å². The first kappa shape index (κ1) is 32.9. The van der Waals surface area contributed by atoms with Crippen molar-refractivity contribution >= 4 is 37.5 Å². The zero-order chi connectivity index (χ0) is 31.6. The molecule has 1 saturated heterocycles. The number of sulfonamides is 1. The summed E-state index contributed by atoms with van der Waals surface area (Å²) >= 11 is 3.45. The fourth-order valence-electron chi connectivity index (χ4n) is 5.66. The molecule has 0 radical (unpaired) electrons. The van der Waals surface area contributed by atoms with Gasteiger partial charge in [-0.15, -0.1) is 0 Å². The summed E-state index contributed by atoms with van der Waals surface area (Å²) in [5, 5.41) is 2.89. The smallest absolute Gasteiger partial charge is 0.259 e. The summed E-state index contributed by atoms with van der Waals surface area (Å²) in [6, 6.07) is 32.5. The molecule has 1 heterocycles. The molecule has 0 atom stereocenters. The molecular weight excluding hydrogens is 650 g/mol. The largest absolute Gasteiger partial charge is 0.493 e. The number of carbonyl (C=O) groups is 1. The van der Waals surface area contributed by atoms with Gasteiger partial charge in [0.1, 0.15) is 5.75 Å². The van der Waals surface area contributed by atoms with Crippen molar-refractivity contribution in [1.29, 1.82) is 0 Å². The Morgan fingerprint density at radius 1 is 0.822 bits per heavy atom. The third-order valence-corrected chi connectivity index (χ3v) is 10.5. The van der Waals surface area contributed by atoms with Gasteiger partial charge in [0.15, 0.2) is 0 Å². The summed E-state index contributed by atoms with van der Waals surface area (Å²) in [5.41, 5.74) is 3.29. The Morgan fingerprint density at radius 2 is 1.44 bits per heavy atom. The second kappa shape index (κ2) is 15.7. The molecular formula is C36H40BrN3O4S. The van der Waals surface area contributed by atoms with Crippen molar-refractivity contribution in [2.75, 3.05) is 38.1 Å². The number of anilines is 1. The molecule has 1 fully saturated rings. The van der Waals surface area contributed by atoms with Gasteiger partial charge in [0, 0.05) is 36.3 Å². The van der Waals surface area contributed by atoms with Crippen LogP contribution in [0, 0.1) is 0 Å². The lowest BCUT2D eigenvalue weighted by molar-refractivity contribution is 0.102. The Balaban J connectivity index is 1.22. The van der Waals surface area contributed by atoms with Crippen molar-refractivity contribution in [3.8, 4) is 5.75 Å². The van der Waals surface area contributed by atoms with Gasteiger partial charge in [-0.25, -0.2) is 8.42 Å². The van der Waals surface area contributed by atoms with Crippen LogP contribution in [0.4, 0.5) is 5.69 Å². The average molecular weight is 691 g/mol. The first-order valence-electron chi connectivity index (χ1n) is 15.5. The van der Waals surface area contributed by atoms with Crippen molar-refractivity contribution in [2.24, 2.45) is 0 Å². The van der Waals surface area contributed by atoms with Gasteiger partial charge < -0.3 is 10.1 Å². The van der Waals surface area contributed by atoms with E-state index in [-0.39, 0.29) is 16.8 Å². The minimum atomic E-state index is -3.70. The summed E-state index contributed by atoms with van der Waals surface area (Å²) in [7, 11) is -3.70. The fourth-order valence-corrected chi connectivity index (χ4v) is 7.44. The van der Waals surface area contributed by atoms with Crippen LogP contribution >= 0.6 is 15.9 Å². The van der Waals surface area contributed by atoms with Crippen molar-refractivity contribution in [3.63, 3.8) is 0 Å². The van der Waals surface area contributed by atoms with E-state index in [4.69, 9.17) is 4.74 Å². The molecule has 45 heavy (non-hydrogen) atoms. The Kier molecular flexibility index (Phi) is 11.5. The number of amides is 1. The first-order valence-corrected chi connectivity index (χ1v) is 17.8. The molecule has 0 bridgehead atoms. The van der Waals surface area contributed by atoms with E-state index in [0.717, 1.165) is 30.2 Å². The highest BCUT2D eigenvalue weighted by Crippen LogP contribution is 2.31. The molecule has 4 aromatic rings. The SMILES string of the molecule is CCCCCCOc1ccc(Br)cc1C(=O)Nc1ccc(S(=O)(=O)N2CCN(C(c3ccccc3)c3ccccc3)CC2)cc1. The Labute approximate surface area is 275 Å². The lowest BCUT2D eigenvalue weighted by Crippen LogP contribution is -2.49. The van der Waals surface area contributed by atoms with Crippen LogP contribution in [-0.4, -0.2) is 56.3 Å². The molecule has 0 unspecified atom stereocenters. The number of carbonyl (C=O) groups excluding carboxylic acids is 1. The van der Waals surface area contributed by atoms with E-state index in [9.17, 15) is 13.2 Å². The number of nitrogens with zero attached hydrogens (tertiary/aromatic N) is 2. The molecule has 0 aromatic heterocycles. The van der Waals surface area contributed by atoms with Crippen LogP contribution in [0.3, 0.4) is 0 Å². The van der Waals surface area contributed by atoms with Crippen molar-refractivity contribution in [2.45, 2.75) is 43.5 Å². The number of hydrogen-bond donors (Lipinski definition) is 1. The summed E-state index contributed by atoms with van der Waals surface area (Å²) in [6.07, 6.45) is 4.31. The van der Waals surface area contributed by atoms with E-state index >= 15 is 0 Å². The van der Waals surface area contributed by atoms with Crippen LogP contribution < -0.4 is 10.1 Å². The zero-order valence-corrected chi connectivity index (χ0v) is 28.0. The maximum absolute atomic E-state index is 13.6. The third-order valence-electron chi connectivity index (χ3n) is 8.06. The highest BCUT2D eigenvalue weighted by Gasteiger charge is 2.32. The van der Waals surface area contributed by atoms with E-state index in [1.165, 1.54) is 11.1 Å². The molecule has 236 valence electrons. The third kappa shape index (κ3) is 8.41. The van der Waals surface area contributed by atoms with E-state index in [2.05, 4.69) is 57.3 Å². The molecule has 5 rings (SSSR count).